The first kappa shape index (κ1) is 18.7. The Bertz CT molecular complexity index is 818. The number of halogens is 1. The maximum atomic E-state index is 12.6. The summed E-state index contributed by atoms with van der Waals surface area (Å²) in [4.78, 5) is 12.6. The quantitative estimate of drug-likeness (QED) is 0.708. The number of nitrogens with one attached hydrogen (secondary N) is 2. The number of amides is 1. The molecule has 1 amide bonds. The van der Waals surface area contributed by atoms with E-state index in [1.165, 1.54) is 0 Å². The first-order chi connectivity index (χ1) is 11.8. The number of hydrogen-bond donors (Lipinski definition) is 2. The minimum atomic E-state index is -0.132. The van der Waals surface area contributed by atoms with Crippen molar-refractivity contribution in [3.63, 3.8) is 0 Å². The lowest BCUT2D eigenvalue weighted by atomic mass is 10.1. The van der Waals surface area contributed by atoms with E-state index in [0.29, 0.717) is 5.56 Å². The van der Waals surface area contributed by atoms with Gasteiger partial charge in [-0.15, -0.1) is 12.4 Å². The first-order valence-electron chi connectivity index (χ1n) is 7.98. The van der Waals surface area contributed by atoms with Crippen molar-refractivity contribution >= 4 is 24.0 Å². The fraction of sp³-hybridized carbons (Fsp3) is 0.158. The van der Waals surface area contributed by atoms with Crippen LogP contribution in [0.4, 0.5) is 5.69 Å². The second kappa shape index (κ2) is 9.01. The van der Waals surface area contributed by atoms with Crippen molar-refractivity contribution in [2.24, 2.45) is 0 Å². The molecule has 1 heterocycles. The summed E-state index contributed by atoms with van der Waals surface area (Å²) in [5.41, 5.74) is 3.35. The second-order valence-electron chi connectivity index (χ2n) is 5.39. The van der Waals surface area contributed by atoms with E-state index in [9.17, 15) is 4.79 Å². The van der Waals surface area contributed by atoms with Crippen LogP contribution in [0.5, 0.6) is 0 Å². The Labute approximate surface area is 153 Å². The molecule has 0 saturated heterocycles. The first-order valence-corrected chi connectivity index (χ1v) is 7.98. The zero-order chi connectivity index (χ0) is 16.8. The summed E-state index contributed by atoms with van der Waals surface area (Å²) >= 11 is 0. The average molecular weight is 357 g/mol. The third kappa shape index (κ3) is 4.68. The molecule has 1 aromatic heterocycles. The number of carbonyl (C=O) groups is 1. The Morgan fingerprint density at radius 3 is 2.72 bits per heavy atom. The fourth-order valence-electron chi connectivity index (χ4n) is 2.46. The largest absolute Gasteiger partial charge is 0.322 e. The lowest BCUT2D eigenvalue weighted by Gasteiger charge is -2.12. The van der Waals surface area contributed by atoms with E-state index in [1.54, 1.807) is 16.9 Å². The summed E-state index contributed by atoms with van der Waals surface area (Å²) in [5, 5.41) is 10.5. The maximum absolute atomic E-state index is 12.6. The lowest BCUT2D eigenvalue weighted by molar-refractivity contribution is 0.102. The molecule has 0 unspecified atom stereocenters. The molecule has 0 aliphatic rings. The van der Waals surface area contributed by atoms with Gasteiger partial charge in [0, 0.05) is 30.2 Å². The molecule has 0 saturated carbocycles. The van der Waals surface area contributed by atoms with Crippen LogP contribution < -0.4 is 10.6 Å². The molecule has 3 aromatic rings. The number of rotatable bonds is 6. The highest BCUT2D eigenvalue weighted by Crippen LogP contribution is 2.17. The molecule has 3 rings (SSSR count). The average Bonchev–Trinajstić information content (AvgIpc) is 3.16. The number of nitrogens with zero attached hydrogens (tertiary/aromatic N) is 2. The number of hydrogen-bond acceptors (Lipinski definition) is 3. The molecule has 0 spiro atoms. The molecule has 0 aliphatic carbocycles. The van der Waals surface area contributed by atoms with Crippen LogP contribution in [0.1, 0.15) is 22.8 Å². The van der Waals surface area contributed by atoms with Crippen LogP contribution >= 0.6 is 12.4 Å². The van der Waals surface area contributed by atoms with E-state index in [4.69, 9.17) is 0 Å². The minimum Gasteiger partial charge on any atom is -0.322 e. The van der Waals surface area contributed by atoms with Crippen molar-refractivity contribution < 1.29 is 4.79 Å². The Hall–Kier alpha value is -2.63. The van der Waals surface area contributed by atoms with Crippen molar-refractivity contribution in [3.8, 4) is 5.69 Å². The Morgan fingerprint density at radius 1 is 1.12 bits per heavy atom. The Morgan fingerprint density at radius 2 is 1.96 bits per heavy atom. The number of carbonyl (C=O) groups excluding carboxylic acids is 1. The Kier molecular flexibility index (Phi) is 6.74. The van der Waals surface area contributed by atoms with Crippen molar-refractivity contribution in [3.05, 3.63) is 78.1 Å². The molecule has 0 fully saturated rings. The molecule has 5 nitrogen and oxygen atoms in total. The van der Waals surface area contributed by atoms with Crippen molar-refractivity contribution in [2.75, 3.05) is 11.9 Å². The summed E-state index contributed by atoms with van der Waals surface area (Å²) in [7, 11) is 0. The summed E-state index contributed by atoms with van der Waals surface area (Å²) in [6.07, 6.45) is 3.56. The van der Waals surface area contributed by atoms with Crippen molar-refractivity contribution in [2.45, 2.75) is 13.5 Å². The van der Waals surface area contributed by atoms with Crippen LogP contribution in [0, 0.1) is 0 Å². The third-order valence-electron chi connectivity index (χ3n) is 3.71. The molecule has 0 radical (unpaired) electrons. The van der Waals surface area contributed by atoms with Gasteiger partial charge in [0.1, 0.15) is 0 Å². The van der Waals surface area contributed by atoms with Crippen molar-refractivity contribution in [1.29, 1.82) is 0 Å². The highest BCUT2D eigenvalue weighted by molar-refractivity contribution is 6.05. The van der Waals surface area contributed by atoms with Crippen LogP contribution in [-0.2, 0) is 6.54 Å². The summed E-state index contributed by atoms with van der Waals surface area (Å²) in [5.74, 6) is -0.132. The topological polar surface area (TPSA) is 58.9 Å². The smallest absolute Gasteiger partial charge is 0.255 e. The molecule has 130 valence electrons. The summed E-state index contributed by atoms with van der Waals surface area (Å²) in [6.45, 7) is 3.66. The van der Waals surface area contributed by atoms with Crippen LogP contribution in [-0.4, -0.2) is 22.2 Å². The fourth-order valence-corrected chi connectivity index (χ4v) is 2.46. The predicted molar refractivity (Wildman–Crippen MR) is 103 cm³/mol. The van der Waals surface area contributed by atoms with Gasteiger partial charge in [0.25, 0.3) is 5.91 Å². The number of aromatic nitrogens is 2. The van der Waals surface area contributed by atoms with Gasteiger partial charge in [-0.3, -0.25) is 4.79 Å². The standard InChI is InChI=1S/C19H20N4O.ClH/c1-2-20-14-16-7-3-4-10-18(16)22-19(24)15-8-5-9-17(13-15)23-12-6-11-21-23;/h3-13,20H,2,14H2,1H3,(H,22,24);1H. The van der Waals surface area contributed by atoms with Gasteiger partial charge in [-0.05, 0) is 42.4 Å². The van der Waals surface area contributed by atoms with Crippen LogP contribution in [0.25, 0.3) is 5.69 Å². The second-order valence-corrected chi connectivity index (χ2v) is 5.39. The molecule has 0 bridgehead atoms. The van der Waals surface area contributed by atoms with E-state index in [-0.39, 0.29) is 18.3 Å². The molecule has 2 N–H and O–H groups in total. The number of benzene rings is 2. The van der Waals surface area contributed by atoms with E-state index >= 15 is 0 Å². The van der Waals surface area contributed by atoms with E-state index in [2.05, 4.69) is 22.7 Å². The van der Waals surface area contributed by atoms with Gasteiger partial charge >= 0.3 is 0 Å². The number of para-hydroxylation sites is 1. The van der Waals surface area contributed by atoms with Crippen molar-refractivity contribution in [1.82, 2.24) is 15.1 Å². The van der Waals surface area contributed by atoms with Gasteiger partial charge in [0.2, 0.25) is 0 Å². The number of anilines is 1. The van der Waals surface area contributed by atoms with Gasteiger partial charge in [-0.2, -0.15) is 5.10 Å². The summed E-state index contributed by atoms with van der Waals surface area (Å²) in [6, 6.07) is 17.1. The molecule has 0 aliphatic heterocycles. The van der Waals surface area contributed by atoms with E-state index in [1.807, 2.05) is 54.7 Å². The normalized spacial score (nSPS) is 10.1. The van der Waals surface area contributed by atoms with Gasteiger partial charge in [-0.1, -0.05) is 31.2 Å². The van der Waals surface area contributed by atoms with Crippen LogP contribution in [0.15, 0.2) is 67.0 Å². The van der Waals surface area contributed by atoms with Crippen LogP contribution in [0.3, 0.4) is 0 Å². The monoisotopic (exact) mass is 356 g/mol. The van der Waals surface area contributed by atoms with E-state index in [0.717, 1.165) is 30.0 Å². The van der Waals surface area contributed by atoms with Crippen LogP contribution in [0.2, 0.25) is 0 Å². The molecule has 2 aromatic carbocycles. The third-order valence-corrected chi connectivity index (χ3v) is 3.71. The SMILES string of the molecule is CCNCc1ccccc1NC(=O)c1cccc(-n2cccn2)c1.Cl. The molecule has 0 atom stereocenters. The van der Waals surface area contributed by atoms with Gasteiger partial charge in [0.05, 0.1) is 5.69 Å². The van der Waals surface area contributed by atoms with E-state index < -0.39 is 0 Å². The zero-order valence-electron chi connectivity index (χ0n) is 14.0. The van der Waals surface area contributed by atoms with Gasteiger partial charge in [-0.25, -0.2) is 4.68 Å². The lowest BCUT2D eigenvalue weighted by Crippen LogP contribution is -2.17. The highest BCUT2D eigenvalue weighted by Gasteiger charge is 2.10. The van der Waals surface area contributed by atoms with Gasteiger partial charge < -0.3 is 10.6 Å². The predicted octanol–water partition coefficient (Wildman–Crippen LogP) is 3.66. The molecule has 25 heavy (non-hydrogen) atoms. The molecule has 6 heteroatoms. The zero-order valence-corrected chi connectivity index (χ0v) is 14.8. The highest BCUT2D eigenvalue weighted by atomic mass is 35.5. The maximum Gasteiger partial charge on any atom is 0.255 e. The molecular formula is C19H21ClN4O. The molecular weight excluding hydrogens is 336 g/mol. The Balaban J connectivity index is 0.00000225. The minimum absolute atomic E-state index is 0. The van der Waals surface area contributed by atoms with Gasteiger partial charge in [0.15, 0.2) is 0 Å². The summed E-state index contributed by atoms with van der Waals surface area (Å²) < 4.78 is 1.73.